The number of aryl methyl sites for hydroxylation is 2. The molecule has 0 bridgehead atoms. The Balaban J connectivity index is 2.07. The van der Waals surface area contributed by atoms with Crippen molar-refractivity contribution in [1.82, 2.24) is 9.78 Å². The van der Waals surface area contributed by atoms with Crippen LogP contribution in [0.3, 0.4) is 0 Å². The summed E-state index contributed by atoms with van der Waals surface area (Å²) < 4.78 is 8.71. The fourth-order valence-electron chi connectivity index (χ4n) is 2.00. The lowest BCUT2D eigenvalue weighted by atomic mass is 10.1. The van der Waals surface area contributed by atoms with Crippen LogP contribution in [0.4, 0.5) is 0 Å². The van der Waals surface area contributed by atoms with Gasteiger partial charge in [0, 0.05) is 13.1 Å². The van der Waals surface area contributed by atoms with Gasteiger partial charge in [0.05, 0.1) is 15.9 Å². The summed E-state index contributed by atoms with van der Waals surface area (Å²) in [6, 6.07) is 7.93. The molecule has 0 saturated heterocycles. The second-order valence-corrected chi connectivity index (χ2v) is 5.62. The van der Waals surface area contributed by atoms with Gasteiger partial charge >= 0.3 is 0 Å². The molecule has 1 aromatic heterocycles. The Morgan fingerprint density at radius 3 is 2.50 bits per heavy atom. The zero-order chi connectivity index (χ0) is 14.7. The molecule has 2 rings (SSSR count). The minimum Gasteiger partial charge on any atom is -0.487 e. The molecule has 0 aliphatic rings. The fraction of sp³-hybridized carbons (Fsp3) is 0.400. The van der Waals surface area contributed by atoms with E-state index in [1.54, 1.807) is 0 Å². The summed E-state index contributed by atoms with van der Waals surface area (Å²) in [5.41, 5.74) is 9.03. The second kappa shape index (κ2) is 6.41. The van der Waals surface area contributed by atoms with Gasteiger partial charge in [-0.2, -0.15) is 5.10 Å². The molecule has 108 valence electrons. The number of aromatic nitrogens is 2. The molecule has 20 heavy (non-hydrogen) atoms. The van der Waals surface area contributed by atoms with Crippen LogP contribution in [0.15, 0.2) is 28.7 Å². The predicted molar refractivity (Wildman–Crippen MR) is 83.7 cm³/mol. The molecule has 0 fully saturated rings. The Bertz CT molecular complexity index is 576. The number of nitrogens with zero attached hydrogens (tertiary/aromatic N) is 2. The van der Waals surface area contributed by atoms with E-state index in [2.05, 4.69) is 28.0 Å². The Hall–Kier alpha value is -1.33. The van der Waals surface area contributed by atoms with Gasteiger partial charge in [0.2, 0.25) is 0 Å². The van der Waals surface area contributed by atoms with E-state index in [9.17, 15) is 0 Å². The number of rotatable bonds is 5. The van der Waals surface area contributed by atoms with Gasteiger partial charge in [-0.25, -0.2) is 0 Å². The fourth-order valence-corrected chi connectivity index (χ4v) is 2.73. The lowest BCUT2D eigenvalue weighted by Crippen LogP contribution is -2.05. The largest absolute Gasteiger partial charge is 0.487 e. The summed E-state index contributed by atoms with van der Waals surface area (Å²) >= 11 is 3.59. The number of hydrogen-bond donors (Lipinski definition) is 1. The summed E-state index contributed by atoms with van der Waals surface area (Å²) in [5, 5.41) is 4.45. The van der Waals surface area contributed by atoms with Gasteiger partial charge in [0.15, 0.2) is 0 Å². The van der Waals surface area contributed by atoms with E-state index in [0.29, 0.717) is 6.61 Å². The first-order chi connectivity index (χ1) is 9.52. The Kier molecular flexibility index (Phi) is 4.83. The summed E-state index contributed by atoms with van der Waals surface area (Å²) in [6.07, 6.45) is 0.900. The molecular weight excluding hydrogens is 318 g/mol. The van der Waals surface area contributed by atoms with Crippen molar-refractivity contribution in [3.8, 4) is 5.75 Å². The van der Waals surface area contributed by atoms with Crippen molar-refractivity contribution in [2.75, 3.05) is 0 Å². The number of nitrogens with two attached hydrogens (primary N) is 1. The Morgan fingerprint density at radius 2 is 2.00 bits per heavy atom. The highest BCUT2D eigenvalue weighted by Gasteiger charge is 2.12. The number of halogens is 1. The number of ether oxygens (including phenoxy) is 1. The first-order valence-electron chi connectivity index (χ1n) is 6.71. The summed E-state index contributed by atoms with van der Waals surface area (Å²) in [6.45, 7) is 4.54. The number of benzene rings is 1. The smallest absolute Gasteiger partial charge is 0.131 e. The summed E-state index contributed by atoms with van der Waals surface area (Å²) in [4.78, 5) is 0. The van der Waals surface area contributed by atoms with Gasteiger partial charge in [0.1, 0.15) is 12.4 Å². The molecule has 0 aliphatic carbocycles. The Labute approximate surface area is 128 Å². The third-order valence-corrected chi connectivity index (χ3v) is 4.20. The highest BCUT2D eigenvalue weighted by Crippen LogP contribution is 2.23. The van der Waals surface area contributed by atoms with Crippen molar-refractivity contribution in [2.24, 2.45) is 12.8 Å². The first kappa shape index (κ1) is 15.1. The van der Waals surface area contributed by atoms with E-state index in [1.165, 1.54) is 0 Å². The van der Waals surface area contributed by atoms with Crippen LogP contribution in [-0.2, 0) is 20.1 Å². The SMILES string of the molecule is CCc1nn(C)c(COc2ccc(C(C)N)cc2)c1Br. The minimum absolute atomic E-state index is 0.0439. The molecule has 1 atom stereocenters. The van der Waals surface area contributed by atoms with Crippen LogP contribution in [0.2, 0.25) is 0 Å². The maximum atomic E-state index is 5.83. The van der Waals surface area contributed by atoms with Crippen molar-refractivity contribution in [2.45, 2.75) is 32.9 Å². The lowest BCUT2D eigenvalue weighted by molar-refractivity contribution is 0.294. The second-order valence-electron chi connectivity index (χ2n) is 4.83. The Morgan fingerprint density at radius 1 is 1.35 bits per heavy atom. The topological polar surface area (TPSA) is 53.1 Å². The van der Waals surface area contributed by atoms with Crippen LogP contribution in [0.5, 0.6) is 5.75 Å². The predicted octanol–water partition coefficient (Wildman–Crippen LogP) is 3.34. The molecular formula is C15H20BrN3O. The summed E-state index contributed by atoms with van der Waals surface area (Å²) in [5.74, 6) is 0.834. The van der Waals surface area contributed by atoms with Gasteiger partial charge in [-0.3, -0.25) is 4.68 Å². The van der Waals surface area contributed by atoms with E-state index < -0.39 is 0 Å². The molecule has 1 heterocycles. The number of hydrogen-bond acceptors (Lipinski definition) is 3. The van der Waals surface area contributed by atoms with Gasteiger partial charge in [-0.15, -0.1) is 0 Å². The molecule has 0 amide bonds. The van der Waals surface area contributed by atoms with Crippen LogP contribution >= 0.6 is 15.9 Å². The molecule has 5 heteroatoms. The maximum absolute atomic E-state index is 5.83. The molecule has 2 aromatic rings. The third-order valence-electron chi connectivity index (χ3n) is 3.28. The quantitative estimate of drug-likeness (QED) is 0.910. The lowest BCUT2D eigenvalue weighted by Gasteiger charge is -2.09. The molecule has 2 N–H and O–H groups in total. The zero-order valence-electron chi connectivity index (χ0n) is 12.1. The molecule has 0 radical (unpaired) electrons. The van der Waals surface area contributed by atoms with E-state index in [1.807, 2.05) is 42.9 Å². The highest BCUT2D eigenvalue weighted by atomic mass is 79.9. The standard InChI is InChI=1S/C15H20BrN3O/c1-4-13-15(16)14(19(3)18-13)9-20-12-7-5-11(6-8-12)10(2)17/h5-8,10H,4,9,17H2,1-3H3. The molecule has 0 saturated carbocycles. The van der Waals surface area contributed by atoms with Crippen LogP contribution in [0, 0.1) is 0 Å². The third kappa shape index (κ3) is 3.22. The van der Waals surface area contributed by atoms with Crippen molar-refractivity contribution < 1.29 is 4.74 Å². The normalized spacial score (nSPS) is 12.4. The van der Waals surface area contributed by atoms with Crippen molar-refractivity contribution in [3.05, 3.63) is 45.7 Å². The monoisotopic (exact) mass is 337 g/mol. The van der Waals surface area contributed by atoms with Crippen molar-refractivity contribution in [3.63, 3.8) is 0 Å². The van der Waals surface area contributed by atoms with Crippen LogP contribution in [0.25, 0.3) is 0 Å². The van der Waals surface area contributed by atoms with Crippen molar-refractivity contribution in [1.29, 1.82) is 0 Å². The van der Waals surface area contributed by atoms with Crippen molar-refractivity contribution >= 4 is 15.9 Å². The van der Waals surface area contributed by atoms with Gasteiger partial charge in [-0.05, 0) is 47.0 Å². The molecule has 4 nitrogen and oxygen atoms in total. The minimum atomic E-state index is 0.0439. The van der Waals surface area contributed by atoms with E-state index >= 15 is 0 Å². The van der Waals surface area contributed by atoms with Gasteiger partial charge in [0.25, 0.3) is 0 Å². The van der Waals surface area contributed by atoms with E-state index in [0.717, 1.165) is 33.6 Å². The summed E-state index contributed by atoms with van der Waals surface area (Å²) in [7, 11) is 1.93. The van der Waals surface area contributed by atoms with E-state index in [4.69, 9.17) is 10.5 Å². The molecule has 1 unspecified atom stereocenters. The molecule has 0 aliphatic heterocycles. The highest BCUT2D eigenvalue weighted by molar-refractivity contribution is 9.10. The zero-order valence-corrected chi connectivity index (χ0v) is 13.6. The van der Waals surface area contributed by atoms with Gasteiger partial charge in [-0.1, -0.05) is 19.1 Å². The van der Waals surface area contributed by atoms with Gasteiger partial charge < -0.3 is 10.5 Å². The maximum Gasteiger partial charge on any atom is 0.131 e. The van der Waals surface area contributed by atoms with Crippen LogP contribution < -0.4 is 10.5 Å². The van der Waals surface area contributed by atoms with E-state index in [-0.39, 0.29) is 6.04 Å². The van der Waals surface area contributed by atoms with Crippen LogP contribution in [-0.4, -0.2) is 9.78 Å². The molecule has 1 aromatic carbocycles. The first-order valence-corrected chi connectivity index (χ1v) is 7.50. The van der Waals surface area contributed by atoms with Crippen LogP contribution in [0.1, 0.15) is 36.8 Å². The average molecular weight is 338 g/mol. The average Bonchev–Trinajstić information content (AvgIpc) is 2.71. The molecule has 0 spiro atoms.